The fourth-order valence-corrected chi connectivity index (χ4v) is 3.54. The molecule has 168 valence electrons. The first kappa shape index (κ1) is 23.4. The molecule has 32 heavy (non-hydrogen) atoms. The topological polar surface area (TPSA) is 128 Å². The molecule has 0 bridgehead atoms. The maximum atomic E-state index is 12.1. The predicted octanol–water partition coefficient (Wildman–Crippen LogP) is 0.350. The van der Waals surface area contributed by atoms with Crippen molar-refractivity contribution in [3.05, 3.63) is 70.3 Å². The van der Waals surface area contributed by atoms with E-state index in [4.69, 9.17) is 4.74 Å². The van der Waals surface area contributed by atoms with Gasteiger partial charge in [0, 0.05) is 42.8 Å². The first-order valence-corrected chi connectivity index (χ1v) is 10.2. The molecular formula is C24H26N2O6. The highest BCUT2D eigenvalue weighted by molar-refractivity contribution is 6.00. The van der Waals surface area contributed by atoms with Crippen molar-refractivity contribution in [1.29, 1.82) is 0 Å². The Morgan fingerprint density at radius 3 is 2.22 bits per heavy atom. The van der Waals surface area contributed by atoms with E-state index >= 15 is 0 Å². The SMILES string of the molecule is CNC(=O)c1cc(C#Cc2cccc([C@H]3O[C@H](CO)C[C@H](O)[C@@H]3O)c2)cc(C(=O)NC)c1. The van der Waals surface area contributed by atoms with Crippen molar-refractivity contribution in [2.45, 2.75) is 30.8 Å². The normalized spacial score (nSPS) is 22.4. The van der Waals surface area contributed by atoms with Crippen LogP contribution in [0.25, 0.3) is 0 Å². The third-order valence-corrected chi connectivity index (χ3v) is 5.23. The molecule has 2 aromatic carbocycles. The molecule has 1 aliphatic rings. The number of benzene rings is 2. The van der Waals surface area contributed by atoms with Gasteiger partial charge in [0.15, 0.2) is 0 Å². The Morgan fingerprint density at radius 2 is 1.62 bits per heavy atom. The number of carbonyl (C=O) groups excluding carboxylic acids is 2. The van der Waals surface area contributed by atoms with Crippen LogP contribution in [0, 0.1) is 11.8 Å². The van der Waals surface area contributed by atoms with E-state index in [-0.39, 0.29) is 24.8 Å². The monoisotopic (exact) mass is 438 g/mol. The minimum Gasteiger partial charge on any atom is -0.394 e. The van der Waals surface area contributed by atoms with Gasteiger partial charge in [-0.2, -0.15) is 0 Å². The lowest BCUT2D eigenvalue weighted by Gasteiger charge is -2.36. The van der Waals surface area contributed by atoms with Crippen LogP contribution in [0.15, 0.2) is 42.5 Å². The highest BCUT2D eigenvalue weighted by Gasteiger charge is 2.37. The zero-order chi connectivity index (χ0) is 23.3. The number of hydrogen-bond acceptors (Lipinski definition) is 6. The number of aliphatic hydroxyl groups is 3. The van der Waals surface area contributed by atoms with Crippen LogP contribution in [0.4, 0.5) is 0 Å². The second-order valence-electron chi connectivity index (χ2n) is 7.49. The first-order valence-electron chi connectivity index (χ1n) is 10.2. The number of nitrogens with one attached hydrogen (secondary N) is 2. The number of hydrogen-bond donors (Lipinski definition) is 5. The maximum absolute atomic E-state index is 12.1. The first-order chi connectivity index (χ1) is 15.4. The van der Waals surface area contributed by atoms with Crippen LogP contribution >= 0.6 is 0 Å². The summed E-state index contributed by atoms with van der Waals surface area (Å²) in [6, 6.07) is 11.7. The van der Waals surface area contributed by atoms with Gasteiger partial charge in [0.2, 0.25) is 0 Å². The summed E-state index contributed by atoms with van der Waals surface area (Å²) in [5, 5.41) is 34.9. The summed E-state index contributed by atoms with van der Waals surface area (Å²) in [6.45, 7) is -0.255. The molecule has 1 fully saturated rings. The number of carbonyl (C=O) groups is 2. The molecule has 1 heterocycles. The fraction of sp³-hybridized carbons (Fsp3) is 0.333. The number of amides is 2. The Kier molecular flexibility index (Phi) is 7.62. The third-order valence-electron chi connectivity index (χ3n) is 5.23. The van der Waals surface area contributed by atoms with E-state index in [1.54, 1.807) is 36.4 Å². The van der Waals surface area contributed by atoms with Crippen molar-refractivity contribution < 1.29 is 29.6 Å². The second kappa shape index (κ2) is 10.4. The average molecular weight is 438 g/mol. The van der Waals surface area contributed by atoms with Gasteiger partial charge in [0.25, 0.3) is 11.8 Å². The summed E-state index contributed by atoms with van der Waals surface area (Å²) in [5.41, 5.74) is 2.35. The quantitative estimate of drug-likeness (QED) is 0.438. The van der Waals surface area contributed by atoms with Crippen LogP contribution < -0.4 is 10.6 Å². The average Bonchev–Trinajstić information content (AvgIpc) is 2.83. The van der Waals surface area contributed by atoms with Crippen LogP contribution in [0.3, 0.4) is 0 Å². The predicted molar refractivity (Wildman–Crippen MR) is 117 cm³/mol. The lowest BCUT2D eigenvalue weighted by atomic mass is 9.92. The molecule has 2 amide bonds. The van der Waals surface area contributed by atoms with Gasteiger partial charge in [-0.25, -0.2) is 0 Å². The molecule has 4 atom stereocenters. The van der Waals surface area contributed by atoms with Gasteiger partial charge in [-0.05, 0) is 35.9 Å². The Labute approximate surface area is 186 Å². The number of ether oxygens (including phenoxy) is 1. The summed E-state index contributed by atoms with van der Waals surface area (Å²) in [6.07, 6.45) is -3.34. The van der Waals surface area contributed by atoms with Gasteiger partial charge in [-0.3, -0.25) is 9.59 Å². The Balaban J connectivity index is 1.92. The van der Waals surface area contributed by atoms with E-state index in [0.29, 0.717) is 27.8 Å². The number of aliphatic hydroxyl groups excluding tert-OH is 3. The molecule has 0 aliphatic carbocycles. The van der Waals surface area contributed by atoms with Crippen molar-refractivity contribution in [2.75, 3.05) is 20.7 Å². The van der Waals surface area contributed by atoms with Crippen molar-refractivity contribution in [1.82, 2.24) is 10.6 Å². The van der Waals surface area contributed by atoms with Gasteiger partial charge in [-0.1, -0.05) is 24.0 Å². The van der Waals surface area contributed by atoms with Gasteiger partial charge in [0.05, 0.1) is 18.8 Å². The molecule has 3 rings (SSSR count). The zero-order valence-electron chi connectivity index (χ0n) is 17.8. The Morgan fingerprint density at radius 1 is 1.00 bits per heavy atom. The minimum absolute atomic E-state index is 0.156. The standard InChI is InChI=1S/C24H26N2O6/c1-25-23(30)17-9-15(10-18(11-17)24(31)26-2)7-6-14-4-3-5-16(8-14)22-21(29)20(28)12-19(13-27)32-22/h3-5,8-11,19-22,27-29H,12-13H2,1-2H3,(H,25,30)(H,26,31)/t19-,20-,21-,22+/m0/s1. The minimum atomic E-state index is -1.12. The van der Waals surface area contributed by atoms with E-state index in [0.717, 1.165) is 0 Å². The van der Waals surface area contributed by atoms with E-state index < -0.39 is 24.4 Å². The van der Waals surface area contributed by atoms with E-state index in [2.05, 4.69) is 22.5 Å². The summed E-state index contributed by atoms with van der Waals surface area (Å²) < 4.78 is 5.73. The maximum Gasteiger partial charge on any atom is 0.251 e. The fourth-order valence-electron chi connectivity index (χ4n) is 3.54. The van der Waals surface area contributed by atoms with E-state index in [9.17, 15) is 24.9 Å². The molecule has 2 aromatic rings. The molecule has 0 saturated carbocycles. The molecule has 5 N–H and O–H groups in total. The third kappa shape index (κ3) is 5.33. The molecule has 0 radical (unpaired) electrons. The van der Waals surface area contributed by atoms with Gasteiger partial charge in [0.1, 0.15) is 12.2 Å². The van der Waals surface area contributed by atoms with Crippen molar-refractivity contribution in [2.24, 2.45) is 0 Å². The number of rotatable bonds is 4. The highest BCUT2D eigenvalue weighted by atomic mass is 16.5. The lowest BCUT2D eigenvalue weighted by molar-refractivity contribution is -0.179. The molecule has 8 nitrogen and oxygen atoms in total. The van der Waals surface area contributed by atoms with Gasteiger partial charge in [-0.15, -0.1) is 0 Å². The molecule has 0 spiro atoms. The summed E-state index contributed by atoms with van der Waals surface area (Å²) in [5.74, 6) is 5.30. The highest BCUT2D eigenvalue weighted by Crippen LogP contribution is 2.32. The van der Waals surface area contributed by atoms with Crippen LogP contribution in [0.5, 0.6) is 0 Å². The molecule has 8 heteroatoms. The Bertz CT molecular complexity index is 1020. The van der Waals surface area contributed by atoms with Crippen LogP contribution in [0.1, 0.15) is 49.9 Å². The smallest absolute Gasteiger partial charge is 0.251 e. The van der Waals surface area contributed by atoms with E-state index in [1.165, 1.54) is 20.2 Å². The summed E-state index contributed by atoms with van der Waals surface area (Å²) >= 11 is 0. The van der Waals surface area contributed by atoms with Crippen LogP contribution in [0.2, 0.25) is 0 Å². The Hall–Kier alpha value is -3.22. The second-order valence-corrected chi connectivity index (χ2v) is 7.49. The van der Waals surface area contributed by atoms with Crippen molar-refractivity contribution >= 4 is 11.8 Å². The van der Waals surface area contributed by atoms with Gasteiger partial charge < -0.3 is 30.7 Å². The van der Waals surface area contributed by atoms with E-state index in [1.807, 2.05) is 0 Å². The van der Waals surface area contributed by atoms with Gasteiger partial charge >= 0.3 is 0 Å². The molecule has 0 unspecified atom stereocenters. The lowest BCUT2D eigenvalue weighted by Crippen LogP contribution is -2.44. The summed E-state index contributed by atoms with van der Waals surface area (Å²) in [7, 11) is 3.01. The van der Waals surface area contributed by atoms with Crippen molar-refractivity contribution in [3.8, 4) is 11.8 Å². The molecule has 0 aromatic heterocycles. The van der Waals surface area contributed by atoms with Crippen molar-refractivity contribution in [3.63, 3.8) is 0 Å². The largest absolute Gasteiger partial charge is 0.394 e. The molecular weight excluding hydrogens is 412 g/mol. The van der Waals surface area contributed by atoms with Crippen LogP contribution in [-0.2, 0) is 4.74 Å². The summed E-state index contributed by atoms with van der Waals surface area (Å²) in [4.78, 5) is 24.1. The zero-order valence-corrected chi connectivity index (χ0v) is 17.8. The molecule has 1 saturated heterocycles. The van der Waals surface area contributed by atoms with Crippen LogP contribution in [-0.4, -0.2) is 66.1 Å². The molecule has 1 aliphatic heterocycles.